The minimum Gasteiger partial charge on any atom is -0.502 e. The van der Waals surface area contributed by atoms with Gasteiger partial charge in [-0.05, 0) is 23.8 Å². The van der Waals surface area contributed by atoms with Crippen LogP contribution in [0.5, 0.6) is 0 Å². The van der Waals surface area contributed by atoms with Gasteiger partial charge < -0.3 is 15.5 Å². The molecule has 0 atom stereocenters. The molecule has 0 aliphatic rings. The Labute approximate surface area is 92.0 Å². The zero-order valence-electron chi connectivity index (χ0n) is 8.60. The second-order valence-electron chi connectivity index (χ2n) is 3.14. The van der Waals surface area contributed by atoms with Gasteiger partial charge in [-0.25, -0.2) is 4.79 Å². The average molecular weight is 221 g/mol. The van der Waals surface area contributed by atoms with E-state index in [0.29, 0.717) is 11.3 Å². The molecule has 0 heterocycles. The Morgan fingerprint density at radius 1 is 1.19 bits per heavy atom. The van der Waals surface area contributed by atoms with Crippen LogP contribution < -0.4 is 5.32 Å². The van der Waals surface area contributed by atoms with E-state index in [1.165, 1.54) is 6.92 Å². The highest BCUT2D eigenvalue weighted by Crippen LogP contribution is 2.11. The molecule has 84 valence electrons. The summed E-state index contributed by atoms with van der Waals surface area (Å²) < 4.78 is 0. The number of benzene rings is 1. The number of carbonyl (C=O) groups is 2. The van der Waals surface area contributed by atoms with Crippen molar-refractivity contribution in [2.45, 2.75) is 6.92 Å². The number of aliphatic carboxylic acids is 1. The number of hydrogen-bond acceptors (Lipinski definition) is 3. The van der Waals surface area contributed by atoms with E-state index in [9.17, 15) is 9.59 Å². The number of carboxylic acid groups (broad SMARTS) is 1. The van der Waals surface area contributed by atoms with Gasteiger partial charge in [0.25, 0.3) is 0 Å². The summed E-state index contributed by atoms with van der Waals surface area (Å²) in [4.78, 5) is 21.1. The highest BCUT2D eigenvalue weighted by molar-refractivity contribution is 5.90. The molecule has 1 amide bonds. The highest BCUT2D eigenvalue weighted by atomic mass is 16.4. The molecule has 0 saturated carbocycles. The van der Waals surface area contributed by atoms with Crippen LogP contribution in [-0.2, 0) is 9.59 Å². The number of hydrogen-bond donors (Lipinski definition) is 3. The summed E-state index contributed by atoms with van der Waals surface area (Å²) in [7, 11) is 0. The average Bonchev–Trinajstić information content (AvgIpc) is 2.20. The summed E-state index contributed by atoms with van der Waals surface area (Å²) >= 11 is 0. The molecule has 0 radical (unpaired) electrons. The molecule has 1 rings (SSSR count). The topological polar surface area (TPSA) is 86.6 Å². The molecule has 16 heavy (non-hydrogen) atoms. The SMILES string of the molecule is CC(=O)Nc1ccc(C=C(O)C(=O)O)cc1. The number of carboxylic acids is 1. The first kappa shape index (κ1) is 11.8. The number of aliphatic hydroxyl groups excluding tert-OH is 1. The van der Waals surface area contributed by atoms with Gasteiger partial charge in [0.15, 0.2) is 0 Å². The summed E-state index contributed by atoms with van der Waals surface area (Å²) in [5, 5.41) is 20.0. The Morgan fingerprint density at radius 3 is 2.19 bits per heavy atom. The molecule has 0 aromatic heterocycles. The number of aliphatic hydroxyl groups is 1. The molecule has 0 unspecified atom stereocenters. The van der Waals surface area contributed by atoms with Crippen LogP contribution in [0.3, 0.4) is 0 Å². The van der Waals surface area contributed by atoms with Gasteiger partial charge in [-0.15, -0.1) is 0 Å². The van der Waals surface area contributed by atoms with Gasteiger partial charge in [0.2, 0.25) is 11.7 Å². The highest BCUT2D eigenvalue weighted by Gasteiger charge is 2.03. The lowest BCUT2D eigenvalue weighted by Crippen LogP contribution is -2.05. The van der Waals surface area contributed by atoms with Crippen molar-refractivity contribution in [2.24, 2.45) is 0 Å². The van der Waals surface area contributed by atoms with Crippen molar-refractivity contribution < 1.29 is 19.8 Å². The smallest absolute Gasteiger partial charge is 0.370 e. The second-order valence-corrected chi connectivity index (χ2v) is 3.14. The van der Waals surface area contributed by atoms with E-state index in [1.807, 2.05) is 0 Å². The third kappa shape index (κ3) is 3.45. The molecule has 0 saturated heterocycles. The molecule has 0 spiro atoms. The van der Waals surface area contributed by atoms with E-state index in [4.69, 9.17) is 10.2 Å². The van der Waals surface area contributed by atoms with Gasteiger partial charge in [0, 0.05) is 12.6 Å². The standard InChI is InChI=1S/C11H11NO4/c1-7(13)12-9-4-2-8(3-5-9)6-10(14)11(15)16/h2-6,14H,1H3,(H,12,13)(H,15,16). The Bertz CT molecular complexity index is 434. The summed E-state index contributed by atoms with van der Waals surface area (Å²) in [6.45, 7) is 1.39. The van der Waals surface area contributed by atoms with Crippen molar-refractivity contribution in [1.29, 1.82) is 0 Å². The van der Waals surface area contributed by atoms with Crippen molar-refractivity contribution in [3.8, 4) is 0 Å². The van der Waals surface area contributed by atoms with Gasteiger partial charge in [0.05, 0.1) is 0 Å². The van der Waals surface area contributed by atoms with Crippen molar-refractivity contribution in [1.82, 2.24) is 0 Å². The van der Waals surface area contributed by atoms with Crippen LogP contribution >= 0.6 is 0 Å². The van der Waals surface area contributed by atoms with Gasteiger partial charge in [-0.2, -0.15) is 0 Å². The zero-order valence-corrected chi connectivity index (χ0v) is 8.60. The fraction of sp³-hybridized carbons (Fsp3) is 0.0909. The fourth-order valence-corrected chi connectivity index (χ4v) is 1.09. The number of amides is 1. The van der Waals surface area contributed by atoms with Gasteiger partial charge in [-0.1, -0.05) is 12.1 Å². The van der Waals surface area contributed by atoms with E-state index in [2.05, 4.69) is 5.32 Å². The number of rotatable bonds is 3. The lowest BCUT2D eigenvalue weighted by Gasteiger charge is -2.01. The van der Waals surface area contributed by atoms with E-state index in [-0.39, 0.29) is 5.91 Å². The molecule has 1 aromatic carbocycles. The Balaban J connectivity index is 2.83. The Morgan fingerprint density at radius 2 is 1.75 bits per heavy atom. The predicted molar refractivity (Wildman–Crippen MR) is 59.0 cm³/mol. The van der Waals surface area contributed by atoms with Crippen LogP contribution in [0, 0.1) is 0 Å². The number of carbonyl (C=O) groups excluding carboxylic acids is 1. The number of anilines is 1. The first-order chi connectivity index (χ1) is 7.49. The fourth-order valence-electron chi connectivity index (χ4n) is 1.09. The van der Waals surface area contributed by atoms with Crippen LogP contribution in [-0.4, -0.2) is 22.1 Å². The lowest BCUT2D eigenvalue weighted by atomic mass is 10.2. The molecule has 0 aliphatic carbocycles. The van der Waals surface area contributed by atoms with Crippen LogP contribution in [0.25, 0.3) is 6.08 Å². The summed E-state index contributed by atoms with van der Waals surface area (Å²) in [5.41, 5.74) is 1.15. The summed E-state index contributed by atoms with van der Waals surface area (Å²) in [6, 6.07) is 6.40. The molecule has 0 bridgehead atoms. The molecule has 0 aliphatic heterocycles. The minimum absolute atomic E-state index is 0.184. The molecular weight excluding hydrogens is 210 g/mol. The third-order valence-corrected chi connectivity index (χ3v) is 1.75. The van der Waals surface area contributed by atoms with E-state index in [1.54, 1.807) is 24.3 Å². The third-order valence-electron chi connectivity index (χ3n) is 1.75. The largest absolute Gasteiger partial charge is 0.502 e. The van der Waals surface area contributed by atoms with Crippen LogP contribution in [0.1, 0.15) is 12.5 Å². The minimum atomic E-state index is -1.38. The summed E-state index contributed by atoms with van der Waals surface area (Å²) in [5.74, 6) is -2.30. The van der Waals surface area contributed by atoms with E-state index >= 15 is 0 Å². The maximum absolute atomic E-state index is 10.7. The van der Waals surface area contributed by atoms with E-state index in [0.717, 1.165) is 6.08 Å². The molecule has 5 heteroatoms. The Hall–Kier alpha value is -2.30. The predicted octanol–water partition coefficient (Wildman–Crippen LogP) is 1.63. The molecule has 3 N–H and O–H groups in total. The maximum atomic E-state index is 10.7. The first-order valence-corrected chi connectivity index (χ1v) is 4.50. The van der Waals surface area contributed by atoms with E-state index < -0.39 is 11.7 Å². The van der Waals surface area contributed by atoms with Crippen LogP contribution in [0.15, 0.2) is 30.0 Å². The summed E-state index contributed by atoms with van der Waals surface area (Å²) in [6.07, 6.45) is 1.12. The van der Waals surface area contributed by atoms with Crippen molar-refractivity contribution in [3.63, 3.8) is 0 Å². The van der Waals surface area contributed by atoms with Crippen molar-refractivity contribution >= 4 is 23.6 Å². The first-order valence-electron chi connectivity index (χ1n) is 4.50. The lowest BCUT2D eigenvalue weighted by molar-refractivity contribution is -0.135. The van der Waals surface area contributed by atoms with Crippen LogP contribution in [0.2, 0.25) is 0 Å². The van der Waals surface area contributed by atoms with Gasteiger partial charge >= 0.3 is 5.97 Å². The Kier molecular flexibility index (Phi) is 3.66. The maximum Gasteiger partial charge on any atom is 0.370 e. The quantitative estimate of drug-likeness (QED) is 0.534. The monoisotopic (exact) mass is 221 g/mol. The van der Waals surface area contributed by atoms with Crippen molar-refractivity contribution in [2.75, 3.05) is 5.32 Å². The van der Waals surface area contributed by atoms with Gasteiger partial charge in [0.1, 0.15) is 0 Å². The number of nitrogens with one attached hydrogen (secondary N) is 1. The second kappa shape index (κ2) is 4.97. The van der Waals surface area contributed by atoms with Crippen molar-refractivity contribution in [3.05, 3.63) is 35.6 Å². The van der Waals surface area contributed by atoms with Gasteiger partial charge in [-0.3, -0.25) is 4.79 Å². The zero-order chi connectivity index (χ0) is 12.1. The molecular formula is C11H11NO4. The molecule has 0 fully saturated rings. The normalized spacial score (nSPS) is 10.9. The molecule has 5 nitrogen and oxygen atoms in total. The molecule has 1 aromatic rings. The van der Waals surface area contributed by atoms with Crippen LogP contribution in [0.4, 0.5) is 5.69 Å².